The molecule has 1 aromatic rings. The molecule has 16 heavy (non-hydrogen) atoms. The van der Waals surface area contributed by atoms with E-state index in [2.05, 4.69) is 5.32 Å². The Morgan fingerprint density at radius 2 is 1.81 bits per heavy atom. The predicted octanol–water partition coefficient (Wildman–Crippen LogP) is 0.947. The molecule has 0 aliphatic rings. The summed E-state index contributed by atoms with van der Waals surface area (Å²) in [7, 11) is 0. The fourth-order valence-electron chi connectivity index (χ4n) is 0.970. The van der Waals surface area contributed by atoms with E-state index >= 15 is 0 Å². The molecular formula is C10H15N3O3. The molecule has 1 rings (SSSR count). The fraction of sp³-hybridized carbons (Fsp3) is 0.300. The number of nitrogens with one attached hydrogen (secondary N) is 1. The summed E-state index contributed by atoms with van der Waals surface area (Å²) in [6.07, 6.45) is 0. The van der Waals surface area contributed by atoms with Gasteiger partial charge in [0.2, 0.25) is 5.91 Å². The van der Waals surface area contributed by atoms with Crippen LogP contribution in [-0.4, -0.2) is 21.9 Å². The molecule has 0 saturated heterocycles. The Morgan fingerprint density at radius 3 is 2.19 bits per heavy atom. The Morgan fingerprint density at radius 1 is 1.31 bits per heavy atom. The first-order valence-corrected chi connectivity index (χ1v) is 4.69. The van der Waals surface area contributed by atoms with Gasteiger partial charge < -0.3 is 11.1 Å². The van der Waals surface area contributed by atoms with Crippen LogP contribution in [0.5, 0.6) is 0 Å². The number of carbonyl (C=O) groups is 1. The van der Waals surface area contributed by atoms with Gasteiger partial charge >= 0.3 is 0 Å². The number of hydrogen-bond donors (Lipinski definition) is 4. The van der Waals surface area contributed by atoms with Crippen LogP contribution in [0.4, 0.5) is 11.4 Å². The Labute approximate surface area is 93.2 Å². The highest BCUT2D eigenvalue weighted by molar-refractivity contribution is 5.97. The van der Waals surface area contributed by atoms with E-state index in [-0.39, 0.29) is 16.8 Å². The van der Waals surface area contributed by atoms with Crippen molar-refractivity contribution in [3.63, 3.8) is 0 Å². The Kier molecular flexibility index (Phi) is 3.48. The number of rotatable bonds is 3. The van der Waals surface area contributed by atoms with Crippen LogP contribution in [0.1, 0.15) is 13.8 Å². The minimum atomic E-state index is -0.960. The Bertz CT molecular complexity index is 368. The summed E-state index contributed by atoms with van der Waals surface area (Å²) in [5.41, 5.74) is 5.38. The maximum atomic E-state index is 11.5. The summed E-state index contributed by atoms with van der Waals surface area (Å²) >= 11 is 0. The molecular weight excluding hydrogens is 210 g/mol. The van der Waals surface area contributed by atoms with Crippen molar-refractivity contribution in [2.24, 2.45) is 5.73 Å². The second kappa shape index (κ2) is 4.48. The van der Waals surface area contributed by atoms with Gasteiger partial charge in [0.15, 0.2) is 0 Å². The molecule has 1 amide bonds. The number of carbonyl (C=O) groups excluding carboxylic acids is 1. The zero-order chi connectivity index (χ0) is 12.3. The molecule has 0 bridgehead atoms. The average Bonchev–Trinajstić information content (AvgIpc) is 2.17. The van der Waals surface area contributed by atoms with Gasteiger partial charge in [0.05, 0.1) is 11.2 Å². The molecule has 1 aromatic carbocycles. The largest absolute Gasteiger partial charge is 0.325 e. The molecule has 88 valence electrons. The van der Waals surface area contributed by atoms with E-state index in [9.17, 15) is 4.79 Å². The Balaban J connectivity index is 2.73. The van der Waals surface area contributed by atoms with E-state index in [4.69, 9.17) is 16.1 Å². The standard InChI is InChI=1S/C10H15N3O3/c1-10(2,11)9(14)12-7-3-5-8(6-4-7)13(15)16/h3-6,15-16H,11H2,1-2H3,(H,12,14). The highest BCUT2D eigenvalue weighted by Crippen LogP contribution is 2.16. The third kappa shape index (κ3) is 3.20. The van der Waals surface area contributed by atoms with Crippen molar-refractivity contribution in [2.45, 2.75) is 19.4 Å². The van der Waals surface area contributed by atoms with Crippen molar-refractivity contribution >= 4 is 17.3 Å². The first-order chi connectivity index (χ1) is 7.30. The van der Waals surface area contributed by atoms with Crippen molar-refractivity contribution in [3.05, 3.63) is 24.3 Å². The van der Waals surface area contributed by atoms with Crippen molar-refractivity contribution < 1.29 is 15.2 Å². The van der Waals surface area contributed by atoms with Crippen LogP contribution in [0.25, 0.3) is 0 Å². The van der Waals surface area contributed by atoms with E-state index in [1.165, 1.54) is 12.1 Å². The molecule has 0 spiro atoms. The summed E-state index contributed by atoms with van der Waals surface area (Å²) in [6.45, 7) is 3.19. The number of amides is 1. The fourth-order valence-corrected chi connectivity index (χ4v) is 0.970. The maximum Gasteiger partial charge on any atom is 0.243 e. The summed E-state index contributed by atoms with van der Waals surface area (Å²) in [5.74, 6) is -0.315. The van der Waals surface area contributed by atoms with Crippen LogP contribution in [0.3, 0.4) is 0 Å². The first kappa shape index (κ1) is 12.4. The van der Waals surface area contributed by atoms with Crippen molar-refractivity contribution in [3.8, 4) is 0 Å². The summed E-state index contributed by atoms with van der Waals surface area (Å²) < 4.78 is 0. The monoisotopic (exact) mass is 225 g/mol. The Hall–Kier alpha value is -1.63. The molecule has 0 aliphatic heterocycles. The third-order valence-electron chi connectivity index (χ3n) is 1.94. The van der Waals surface area contributed by atoms with Gasteiger partial charge in [0.25, 0.3) is 0 Å². The second-order valence-corrected chi connectivity index (χ2v) is 4.01. The van der Waals surface area contributed by atoms with E-state index in [0.29, 0.717) is 5.69 Å². The lowest BCUT2D eigenvalue weighted by molar-refractivity contribution is -0.120. The SMILES string of the molecule is CC(C)(N)C(=O)Nc1ccc(N(O)O)cc1. The number of nitrogens with two attached hydrogens (primary N) is 1. The van der Waals surface area contributed by atoms with Gasteiger partial charge in [-0.15, -0.1) is 5.23 Å². The molecule has 0 fully saturated rings. The second-order valence-electron chi connectivity index (χ2n) is 4.01. The van der Waals surface area contributed by atoms with E-state index in [1.807, 2.05) is 0 Å². The normalized spacial score (nSPS) is 11.1. The highest BCUT2D eigenvalue weighted by Gasteiger charge is 2.21. The van der Waals surface area contributed by atoms with Gasteiger partial charge in [-0.1, -0.05) is 0 Å². The molecule has 0 radical (unpaired) electrons. The summed E-state index contributed by atoms with van der Waals surface area (Å²) in [5, 5.41) is 20.0. The van der Waals surface area contributed by atoms with Crippen LogP contribution in [-0.2, 0) is 4.79 Å². The lowest BCUT2D eigenvalue weighted by Gasteiger charge is -2.18. The van der Waals surface area contributed by atoms with Crippen molar-refractivity contribution in [1.82, 2.24) is 0 Å². The van der Waals surface area contributed by atoms with E-state index < -0.39 is 5.54 Å². The zero-order valence-corrected chi connectivity index (χ0v) is 9.14. The minimum Gasteiger partial charge on any atom is -0.325 e. The zero-order valence-electron chi connectivity index (χ0n) is 9.14. The van der Waals surface area contributed by atoms with Crippen LogP contribution in [0, 0.1) is 0 Å². The van der Waals surface area contributed by atoms with Crippen LogP contribution in [0.2, 0.25) is 0 Å². The number of benzene rings is 1. The van der Waals surface area contributed by atoms with Crippen molar-refractivity contribution in [1.29, 1.82) is 0 Å². The lowest BCUT2D eigenvalue weighted by Crippen LogP contribution is -2.45. The maximum absolute atomic E-state index is 11.5. The van der Waals surface area contributed by atoms with Crippen LogP contribution < -0.4 is 16.3 Å². The van der Waals surface area contributed by atoms with Gasteiger partial charge in [-0.05, 0) is 38.1 Å². The summed E-state index contributed by atoms with van der Waals surface area (Å²) in [4.78, 5) is 11.5. The molecule has 6 nitrogen and oxygen atoms in total. The van der Waals surface area contributed by atoms with E-state index in [1.54, 1.807) is 26.0 Å². The highest BCUT2D eigenvalue weighted by atomic mass is 16.8. The quantitative estimate of drug-likeness (QED) is 0.574. The van der Waals surface area contributed by atoms with Crippen molar-refractivity contribution in [2.75, 3.05) is 10.5 Å². The predicted molar refractivity (Wildman–Crippen MR) is 59.4 cm³/mol. The first-order valence-electron chi connectivity index (χ1n) is 4.69. The minimum absolute atomic E-state index is 0.00152. The molecule has 0 aromatic heterocycles. The topological polar surface area (TPSA) is 98.8 Å². The molecule has 0 unspecified atom stereocenters. The van der Waals surface area contributed by atoms with Gasteiger partial charge in [0, 0.05) is 5.69 Å². The molecule has 0 heterocycles. The van der Waals surface area contributed by atoms with Gasteiger partial charge in [-0.25, -0.2) is 0 Å². The third-order valence-corrected chi connectivity index (χ3v) is 1.94. The molecule has 5 N–H and O–H groups in total. The van der Waals surface area contributed by atoms with Crippen LogP contribution >= 0.6 is 0 Å². The molecule has 0 saturated carbocycles. The molecule has 6 heteroatoms. The number of nitrogens with zero attached hydrogens (tertiary/aromatic N) is 1. The van der Waals surface area contributed by atoms with Gasteiger partial charge in [-0.3, -0.25) is 15.2 Å². The molecule has 0 atom stereocenters. The smallest absolute Gasteiger partial charge is 0.243 e. The van der Waals surface area contributed by atoms with Crippen LogP contribution in [0.15, 0.2) is 24.3 Å². The van der Waals surface area contributed by atoms with Gasteiger partial charge in [0.1, 0.15) is 0 Å². The number of hydrogen-bond acceptors (Lipinski definition) is 5. The average molecular weight is 225 g/mol. The number of anilines is 2. The lowest BCUT2D eigenvalue weighted by atomic mass is 10.1. The van der Waals surface area contributed by atoms with Gasteiger partial charge in [-0.2, -0.15) is 0 Å². The molecule has 0 aliphatic carbocycles. The summed E-state index contributed by atoms with van der Waals surface area (Å²) in [6, 6.07) is 5.97. The van der Waals surface area contributed by atoms with E-state index in [0.717, 1.165) is 0 Å².